The van der Waals surface area contributed by atoms with Crippen molar-refractivity contribution < 1.29 is 27.4 Å². The van der Waals surface area contributed by atoms with Crippen LogP contribution in [0, 0.1) is 17.8 Å². The van der Waals surface area contributed by atoms with Crippen molar-refractivity contribution in [1.29, 1.82) is 0 Å². The van der Waals surface area contributed by atoms with Gasteiger partial charge < -0.3 is 9.47 Å². The van der Waals surface area contributed by atoms with Crippen molar-refractivity contribution in [3.05, 3.63) is 0 Å². The van der Waals surface area contributed by atoms with Gasteiger partial charge in [0.05, 0.1) is 0 Å². The van der Waals surface area contributed by atoms with Crippen LogP contribution in [0.1, 0.15) is 51.4 Å². The molecule has 2 rings (SSSR count). The Morgan fingerprint density at radius 1 is 0.955 bits per heavy atom. The molecule has 0 heterocycles. The summed E-state index contributed by atoms with van der Waals surface area (Å²) < 4.78 is 46.3. The van der Waals surface area contributed by atoms with Crippen molar-refractivity contribution in [3.8, 4) is 0 Å². The molecule has 3 nitrogen and oxygen atoms in total. The van der Waals surface area contributed by atoms with E-state index in [1.54, 1.807) is 7.11 Å². The van der Waals surface area contributed by atoms with Gasteiger partial charge in [-0.05, 0) is 69.1 Å². The molecule has 2 saturated carbocycles. The van der Waals surface area contributed by atoms with Gasteiger partial charge in [0.2, 0.25) is 0 Å². The monoisotopic (exact) mass is 322 g/mol. The maximum atomic E-state index is 12.2. The average Bonchev–Trinajstić information content (AvgIpc) is 2.48. The lowest BCUT2D eigenvalue weighted by molar-refractivity contribution is -0.206. The highest BCUT2D eigenvalue weighted by Gasteiger charge is 2.43. The molecule has 0 atom stereocenters. The molecule has 0 radical (unpaired) electrons. The Morgan fingerprint density at radius 3 is 1.91 bits per heavy atom. The van der Waals surface area contributed by atoms with E-state index in [1.807, 2.05) is 0 Å². The maximum Gasteiger partial charge on any atom is 0.490 e. The van der Waals surface area contributed by atoms with E-state index in [4.69, 9.17) is 4.74 Å². The standard InChI is InChI=1S/C16H25F3O3/c1-21-10-11-2-4-12(5-3-11)13-6-8-14(9-7-13)22-15(20)16(17,18)19/h11-14H,2-10H2,1H3. The summed E-state index contributed by atoms with van der Waals surface area (Å²) in [7, 11) is 1.73. The molecule has 128 valence electrons. The summed E-state index contributed by atoms with van der Waals surface area (Å²) >= 11 is 0. The zero-order chi connectivity index (χ0) is 16.2. The normalized spacial score (nSPS) is 33.5. The van der Waals surface area contributed by atoms with Gasteiger partial charge in [0.15, 0.2) is 0 Å². The van der Waals surface area contributed by atoms with Gasteiger partial charge in [-0.2, -0.15) is 13.2 Å². The van der Waals surface area contributed by atoms with Crippen LogP contribution >= 0.6 is 0 Å². The van der Waals surface area contributed by atoms with E-state index in [9.17, 15) is 18.0 Å². The van der Waals surface area contributed by atoms with Gasteiger partial charge in [0.1, 0.15) is 6.10 Å². The van der Waals surface area contributed by atoms with E-state index in [-0.39, 0.29) is 0 Å². The molecular formula is C16H25F3O3. The van der Waals surface area contributed by atoms with Gasteiger partial charge in [0.25, 0.3) is 0 Å². The molecule has 0 N–H and O–H groups in total. The van der Waals surface area contributed by atoms with Gasteiger partial charge in [0, 0.05) is 13.7 Å². The Morgan fingerprint density at radius 2 is 1.45 bits per heavy atom. The number of methoxy groups -OCH3 is 1. The van der Waals surface area contributed by atoms with Crippen LogP contribution in [-0.4, -0.2) is 32.0 Å². The largest absolute Gasteiger partial charge is 0.490 e. The second-order valence-electron chi connectivity index (χ2n) is 6.68. The topological polar surface area (TPSA) is 35.5 Å². The molecular weight excluding hydrogens is 297 g/mol. The van der Waals surface area contributed by atoms with Crippen molar-refractivity contribution in [2.45, 2.75) is 63.6 Å². The van der Waals surface area contributed by atoms with Gasteiger partial charge >= 0.3 is 12.1 Å². The van der Waals surface area contributed by atoms with E-state index in [1.165, 1.54) is 25.7 Å². The van der Waals surface area contributed by atoms with Crippen molar-refractivity contribution in [3.63, 3.8) is 0 Å². The second-order valence-corrected chi connectivity index (χ2v) is 6.68. The maximum absolute atomic E-state index is 12.2. The molecule has 6 heteroatoms. The van der Waals surface area contributed by atoms with E-state index >= 15 is 0 Å². The summed E-state index contributed by atoms with van der Waals surface area (Å²) in [5.74, 6) is -0.141. The molecule has 2 aliphatic rings. The zero-order valence-corrected chi connectivity index (χ0v) is 13.0. The number of halogens is 3. The summed E-state index contributed by atoms with van der Waals surface area (Å²) in [5, 5.41) is 0. The number of rotatable bonds is 4. The lowest BCUT2D eigenvalue weighted by atomic mass is 9.71. The number of esters is 1. The van der Waals surface area contributed by atoms with Crippen molar-refractivity contribution >= 4 is 5.97 Å². The molecule has 2 fully saturated rings. The van der Waals surface area contributed by atoms with Crippen molar-refractivity contribution in [2.24, 2.45) is 17.8 Å². The lowest BCUT2D eigenvalue weighted by Gasteiger charge is -2.37. The van der Waals surface area contributed by atoms with E-state index in [0.29, 0.717) is 30.6 Å². The number of carbonyl (C=O) groups excluding carboxylic acids is 1. The summed E-state index contributed by atoms with van der Waals surface area (Å²) in [6.45, 7) is 0.826. The smallest absolute Gasteiger partial charge is 0.456 e. The molecule has 0 saturated heterocycles. The van der Waals surface area contributed by atoms with Crippen molar-refractivity contribution in [2.75, 3.05) is 13.7 Å². The number of carbonyl (C=O) groups is 1. The predicted molar refractivity (Wildman–Crippen MR) is 75.2 cm³/mol. The fourth-order valence-electron chi connectivity index (χ4n) is 3.96. The third-order valence-electron chi connectivity index (χ3n) is 5.18. The fraction of sp³-hybridized carbons (Fsp3) is 0.938. The van der Waals surface area contributed by atoms with E-state index in [0.717, 1.165) is 19.4 Å². The van der Waals surface area contributed by atoms with E-state index in [2.05, 4.69) is 4.74 Å². The number of alkyl halides is 3. The average molecular weight is 322 g/mol. The van der Waals surface area contributed by atoms with Crippen LogP contribution in [0.4, 0.5) is 13.2 Å². The summed E-state index contributed by atoms with van der Waals surface area (Å²) in [6, 6.07) is 0. The van der Waals surface area contributed by atoms with Crippen LogP contribution < -0.4 is 0 Å². The van der Waals surface area contributed by atoms with Crippen LogP contribution in [-0.2, 0) is 14.3 Å². The molecule has 0 aliphatic heterocycles. The molecule has 22 heavy (non-hydrogen) atoms. The predicted octanol–water partition coefficient (Wildman–Crippen LogP) is 4.10. The summed E-state index contributed by atoms with van der Waals surface area (Å²) in [5.41, 5.74) is 0. The minimum atomic E-state index is -4.88. The Labute approximate surface area is 129 Å². The zero-order valence-electron chi connectivity index (χ0n) is 13.0. The van der Waals surface area contributed by atoms with Crippen LogP contribution in [0.25, 0.3) is 0 Å². The molecule has 0 unspecified atom stereocenters. The molecule has 0 aromatic rings. The van der Waals surface area contributed by atoms with Gasteiger partial charge in [-0.15, -0.1) is 0 Å². The van der Waals surface area contributed by atoms with Crippen molar-refractivity contribution in [1.82, 2.24) is 0 Å². The quantitative estimate of drug-likeness (QED) is 0.731. The SMILES string of the molecule is COCC1CCC(C2CCC(OC(=O)C(F)(F)F)CC2)CC1. The Kier molecular flexibility index (Phi) is 6.12. The highest BCUT2D eigenvalue weighted by molar-refractivity contribution is 5.75. The number of ether oxygens (including phenoxy) is 2. The Balaban J connectivity index is 1.70. The first-order chi connectivity index (χ1) is 10.4. The van der Waals surface area contributed by atoms with Crippen LogP contribution in [0.3, 0.4) is 0 Å². The third-order valence-corrected chi connectivity index (χ3v) is 5.18. The van der Waals surface area contributed by atoms with Gasteiger partial charge in [-0.25, -0.2) is 4.79 Å². The minimum absolute atomic E-state index is 0.560. The van der Waals surface area contributed by atoms with Crippen LogP contribution in [0.2, 0.25) is 0 Å². The highest BCUT2D eigenvalue weighted by atomic mass is 19.4. The molecule has 0 bridgehead atoms. The minimum Gasteiger partial charge on any atom is -0.456 e. The third kappa shape index (κ3) is 4.86. The molecule has 0 aromatic carbocycles. The first kappa shape index (κ1) is 17.6. The molecule has 0 spiro atoms. The number of hydrogen-bond donors (Lipinski definition) is 0. The summed E-state index contributed by atoms with van der Waals surface area (Å²) in [4.78, 5) is 10.9. The van der Waals surface area contributed by atoms with Gasteiger partial charge in [-0.1, -0.05) is 0 Å². The molecule has 2 aliphatic carbocycles. The fourth-order valence-corrected chi connectivity index (χ4v) is 3.96. The van der Waals surface area contributed by atoms with Gasteiger partial charge in [-0.3, -0.25) is 0 Å². The second kappa shape index (κ2) is 7.66. The highest BCUT2D eigenvalue weighted by Crippen LogP contribution is 2.40. The Bertz CT molecular complexity index is 354. The number of hydrogen-bond acceptors (Lipinski definition) is 3. The van der Waals surface area contributed by atoms with Crippen LogP contribution in [0.5, 0.6) is 0 Å². The lowest BCUT2D eigenvalue weighted by Crippen LogP contribution is -2.34. The first-order valence-electron chi connectivity index (χ1n) is 8.17. The Hall–Kier alpha value is -0.780. The van der Waals surface area contributed by atoms with E-state index < -0.39 is 18.2 Å². The molecule has 0 aromatic heterocycles. The summed E-state index contributed by atoms with van der Waals surface area (Å²) in [6.07, 6.45) is 2.16. The van der Waals surface area contributed by atoms with Crippen LogP contribution in [0.15, 0.2) is 0 Å². The first-order valence-corrected chi connectivity index (χ1v) is 8.17. The molecule has 0 amide bonds.